The number of hydrogen-bond donors (Lipinski definition) is 0. The summed E-state index contributed by atoms with van der Waals surface area (Å²) in [5.74, 6) is 0.247. The second kappa shape index (κ2) is 9.99. The Morgan fingerprint density at radius 2 is 1.69 bits per heavy atom. The molecule has 4 rings (SSSR count). The van der Waals surface area contributed by atoms with E-state index in [2.05, 4.69) is 26.9 Å². The first-order chi connectivity index (χ1) is 14.3. The Bertz CT molecular complexity index is 762. The molecule has 2 aliphatic rings. The maximum absolute atomic E-state index is 13.2. The fourth-order valence-electron chi connectivity index (χ4n) is 4.52. The number of pyridine rings is 1. The van der Waals surface area contributed by atoms with Crippen LogP contribution in [0.4, 0.5) is 0 Å². The summed E-state index contributed by atoms with van der Waals surface area (Å²) in [7, 11) is 0. The van der Waals surface area contributed by atoms with Gasteiger partial charge in [0.2, 0.25) is 5.91 Å². The molecule has 0 bridgehead atoms. The molecule has 154 valence electrons. The van der Waals surface area contributed by atoms with Crippen molar-refractivity contribution in [2.75, 3.05) is 19.6 Å². The lowest BCUT2D eigenvalue weighted by Crippen LogP contribution is -2.45. The molecule has 0 N–H and O–H groups in total. The Kier molecular flexibility index (Phi) is 6.91. The highest BCUT2D eigenvalue weighted by Gasteiger charge is 2.33. The molecule has 2 heterocycles. The van der Waals surface area contributed by atoms with E-state index in [0.29, 0.717) is 25.7 Å². The molecule has 5 heteroatoms. The van der Waals surface area contributed by atoms with Crippen molar-refractivity contribution >= 4 is 5.91 Å². The van der Waals surface area contributed by atoms with E-state index in [4.69, 9.17) is 4.74 Å². The van der Waals surface area contributed by atoms with Crippen LogP contribution < -0.4 is 0 Å². The molecule has 5 nitrogen and oxygen atoms in total. The van der Waals surface area contributed by atoms with Crippen LogP contribution in [0.3, 0.4) is 0 Å². The molecule has 0 radical (unpaired) electrons. The number of aromatic nitrogens is 1. The van der Waals surface area contributed by atoms with E-state index in [-0.39, 0.29) is 12.0 Å². The van der Waals surface area contributed by atoms with Gasteiger partial charge in [-0.25, -0.2) is 0 Å². The molecule has 1 aromatic heterocycles. The van der Waals surface area contributed by atoms with Crippen molar-refractivity contribution in [3.8, 4) is 0 Å². The highest BCUT2D eigenvalue weighted by Crippen LogP contribution is 2.25. The van der Waals surface area contributed by atoms with Gasteiger partial charge in [0, 0.05) is 38.1 Å². The zero-order valence-corrected chi connectivity index (χ0v) is 17.1. The summed E-state index contributed by atoms with van der Waals surface area (Å²) >= 11 is 0. The molecule has 29 heavy (non-hydrogen) atoms. The van der Waals surface area contributed by atoms with Crippen molar-refractivity contribution in [2.24, 2.45) is 0 Å². The van der Waals surface area contributed by atoms with Crippen molar-refractivity contribution in [1.82, 2.24) is 14.8 Å². The molecule has 2 aromatic rings. The summed E-state index contributed by atoms with van der Waals surface area (Å²) in [6.07, 6.45) is 9.64. The third-order valence-electron chi connectivity index (χ3n) is 6.04. The van der Waals surface area contributed by atoms with Crippen LogP contribution in [0.5, 0.6) is 0 Å². The quantitative estimate of drug-likeness (QED) is 0.752. The van der Waals surface area contributed by atoms with Gasteiger partial charge in [-0.15, -0.1) is 0 Å². The van der Waals surface area contributed by atoms with Gasteiger partial charge in [0.1, 0.15) is 0 Å². The van der Waals surface area contributed by atoms with Gasteiger partial charge >= 0.3 is 0 Å². The summed E-state index contributed by atoms with van der Waals surface area (Å²) in [5.41, 5.74) is 2.36. The van der Waals surface area contributed by atoms with E-state index < -0.39 is 0 Å². The smallest absolute Gasteiger partial charge is 0.237 e. The van der Waals surface area contributed by atoms with E-state index >= 15 is 0 Å². The standard InChI is InChI=1S/C24H31N3O2/c28-24-18-26(15-20-11-13-25-14-12-20)16-23(29-19-21-7-3-1-4-8-21)17-27(24)22-9-5-2-6-10-22/h1,3-4,7-8,11-14,22-23H,2,5-6,9-10,15-19H2. The van der Waals surface area contributed by atoms with E-state index in [1.807, 2.05) is 42.7 Å². The van der Waals surface area contributed by atoms with E-state index in [1.54, 1.807) is 0 Å². The first kappa shape index (κ1) is 20.0. The Morgan fingerprint density at radius 3 is 2.45 bits per heavy atom. The van der Waals surface area contributed by atoms with Crippen LogP contribution in [-0.2, 0) is 22.7 Å². The molecular weight excluding hydrogens is 362 g/mol. The topological polar surface area (TPSA) is 45.7 Å². The molecule has 1 unspecified atom stereocenters. The maximum atomic E-state index is 13.2. The summed E-state index contributed by atoms with van der Waals surface area (Å²) < 4.78 is 6.34. The zero-order chi connectivity index (χ0) is 19.9. The lowest BCUT2D eigenvalue weighted by molar-refractivity contribution is -0.135. The minimum atomic E-state index is 0.0189. The highest BCUT2D eigenvalue weighted by molar-refractivity contribution is 5.79. The van der Waals surface area contributed by atoms with Crippen LogP contribution >= 0.6 is 0 Å². The van der Waals surface area contributed by atoms with Crippen LogP contribution in [0, 0.1) is 0 Å². The van der Waals surface area contributed by atoms with Gasteiger partial charge in [-0.1, -0.05) is 49.6 Å². The fraction of sp³-hybridized carbons (Fsp3) is 0.500. The molecule has 2 fully saturated rings. The van der Waals surface area contributed by atoms with Crippen molar-refractivity contribution in [1.29, 1.82) is 0 Å². The number of benzene rings is 1. The van der Waals surface area contributed by atoms with Gasteiger partial charge in [0.05, 0.1) is 19.3 Å². The summed E-state index contributed by atoms with van der Waals surface area (Å²) in [6, 6.07) is 14.7. The van der Waals surface area contributed by atoms with Crippen molar-refractivity contribution in [3.63, 3.8) is 0 Å². The Hall–Kier alpha value is -2.24. The first-order valence-electron chi connectivity index (χ1n) is 10.8. The van der Waals surface area contributed by atoms with Crippen LogP contribution in [0.1, 0.15) is 43.2 Å². The normalized spacial score (nSPS) is 21.9. The number of amides is 1. The van der Waals surface area contributed by atoms with Gasteiger partial charge < -0.3 is 9.64 Å². The lowest BCUT2D eigenvalue weighted by Gasteiger charge is -2.35. The minimum absolute atomic E-state index is 0.0189. The molecule has 1 aliphatic carbocycles. The SMILES string of the molecule is O=C1CN(Cc2ccncc2)CC(OCc2ccccc2)CN1C1CCCCC1. The molecule has 0 spiro atoms. The van der Waals surface area contributed by atoms with Gasteiger partial charge in [-0.3, -0.25) is 14.7 Å². The average molecular weight is 394 g/mol. The number of hydrogen-bond acceptors (Lipinski definition) is 4. The highest BCUT2D eigenvalue weighted by atomic mass is 16.5. The predicted octanol–water partition coefficient (Wildman–Crippen LogP) is 3.64. The Labute approximate surface area is 173 Å². The molecule has 1 aromatic carbocycles. The van der Waals surface area contributed by atoms with Gasteiger partial charge in [-0.2, -0.15) is 0 Å². The summed E-state index contributed by atoms with van der Waals surface area (Å²) in [6.45, 7) is 3.26. The molecular formula is C24H31N3O2. The Morgan fingerprint density at radius 1 is 0.931 bits per heavy atom. The fourth-order valence-corrected chi connectivity index (χ4v) is 4.52. The predicted molar refractivity (Wildman–Crippen MR) is 113 cm³/mol. The zero-order valence-electron chi connectivity index (χ0n) is 17.1. The van der Waals surface area contributed by atoms with Crippen molar-refractivity contribution in [2.45, 2.75) is 57.4 Å². The summed E-state index contributed by atoms with van der Waals surface area (Å²) in [4.78, 5) is 21.6. The third kappa shape index (κ3) is 5.64. The van der Waals surface area contributed by atoms with Crippen LogP contribution in [0.15, 0.2) is 54.9 Å². The second-order valence-corrected chi connectivity index (χ2v) is 8.28. The van der Waals surface area contributed by atoms with Crippen LogP contribution in [0.25, 0.3) is 0 Å². The molecule has 1 atom stereocenters. The monoisotopic (exact) mass is 393 g/mol. The van der Waals surface area contributed by atoms with Crippen LogP contribution in [0.2, 0.25) is 0 Å². The molecule has 1 aliphatic heterocycles. The number of nitrogens with zero attached hydrogens (tertiary/aromatic N) is 3. The van der Waals surface area contributed by atoms with Gasteiger partial charge in [0.25, 0.3) is 0 Å². The first-order valence-corrected chi connectivity index (χ1v) is 10.8. The Balaban J connectivity index is 1.47. The van der Waals surface area contributed by atoms with Crippen LogP contribution in [-0.4, -0.2) is 52.5 Å². The maximum Gasteiger partial charge on any atom is 0.237 e. The molecule has 1 saturated heterocycles. The largest absolute Gasteiger partial charge is 0.370 e. The summed E-state index contributed by atoms with van der Waals surface area (Å²) in [5, 5.41) is 0. The number of carbonyl (C=O) groups is 1. The third-order valence-corrected chi connectivity index (χ3v) is 6.04. The lowest BCUT2D eigenvalue weighted by atomic mass is 9.94. The van der Waals surface area contributed by atoms with E-state index in [0.717, 1.165) is 25.9 Å². The average Bonchev–Trinajstić information content (AvgIpc) is 2.92. The molecule has 1 amide bonds. The number of rotatable bonds is 6. The van der Waals surface area contributed by atoms with E-state index in [9.17, 15) is 4.79 Å². The molecule has 1 saturated carbocycles. The van der Waals surface area contributed by atoms with Crippen molar-refractivity contribution < 1.29 is 9.53 Å². The second-order valence-electron chi connectivity index (χ2n) is 8.28. The van der Waals surface area contributed by atoms with Crippen molar-refractivity contribution in [3.05, 3.63) is 66.0 Å². The van der Waals surface area contributed by atoms with E-state index in [1.165, 1.54) is 30.4 Å². The van der Waals surface area contributed by atoms with Gasteiger partial charge in [0.15, 0.2) is 0 Å². The minimum Gasteiger partial charge on any atom is -0.370 e. The number of carbonyl (C=O) groups excluding carboxylic acids is 1. The van der Waals surface area contributed by atoms with Gasteiger partial charge in [-0.05, 0) is 36.1 Å². The number of ether oxygens (including phenoxy) is 1.